The van der Waals surface area contributed by atoms with Crippen molar-refractivity contribution in [3.8, 4) is 0 Å². The molecular formula is C8H16BrN. The molecule has 0 aliphatic heterocycles. The number of nitrogens with zero attached hydrogens (tertiary/aromatic N) is 1. The fourth-order valence-corrected chi connectivity index (χ4v) is 1.19. The smallest absolute Gasteiger partial charge is 0.0266 e. The summed E-state index contributed by atoms with van der Waals surface area (Å²) in [4.78, 5) is 2.18. The molecule has 10 heavy (non-hydrogen) atoms. The van der Waals surface area contributed by atoms with Gasteiger partial charge in [-0.3, -0.25) is 0 Å². The first kappa shape index (κ1) is 10.0. The average molecular weight is 206 g/mol. The normalized spacial score (nSPS) is 10.7. The van der Waals surface area contributed by atoms with E-state index in [9.17, 15) is 0 Å². The van der Waals surface area contributed by atoms with E-state index in [1.807, 2.05) is 0 Å². The lowest BCUT2D eigenvalue weighted by Gasteiger charge is -2.10. The van der Waals surface area contributed by atoms with Crippen molar-refractivity contribution >= 4 is 15.9 Å². The van der Waals surface area contributed by atoms with Crippen molar-refractivity contribution < 1.29 is 0 Å². The molecule has 60 valence electrons. The third-order valence-electron chi connectivity index (χ3n) is 1.25. The minimum Gasteiger partial charge on any atom is -0.380 e. The van der Waals surface area contributed by atoms with Crippen molar-refractivity contribution in [1.82, 2.24) is 4.90 Å². The molecule has 0 fully saturated rings. The van der Waals surface area contributed by atoms with E-state index in [2.05, 4.69) is 47.1 Å². The van der Waals surface area contributed by atoms with Gasteiger partial charge in [-0.1, -0.05) is 35.4 Å². The van der Waals surface area contributed by atoms with Gasteiger partial charge in [0, 0.05) is 18.9 Å². The van der Waals surface area contributed by atoms with Crippen molar-refractivity contribution in [2.45, 2.75) is 19.8 Å². The van der Waals surface area contributed by atoms with E-state index >= 15 is 0 Å². The van der Waals surface area contributed by atoms with Gasteiger partial charge in [-0.15, -0.1) is 0 Å². The molecule has 0 rings (SSSR count). The summed E-state index contributed by atoms with van der Waals surface area (Å²) in [7, 11) is 2.09. The Bertz CT molecular complexity index is 91.3. The molecule has 0 bridgehead atoms. The Kier molecular flexibility index (Phi) is 7.15. The van der Waals surface area contributed by atoms with Gasteiger partial charge in [-0.05, 0) is 12.6 Å². The van der Waals surface area contributed by atoms with E-state index in [-0.39, 0.29) is 0 Å². The highest BCUT2D eigenvalue weighted by Crippen LogP contribution is 1.92. The molecule has 0 N–H and O–H groups in total. The van der Waals surface area contributed by atoms with Crippen molar-refractivity contribution in [2.75, 3.05) is 18.9 Å². The van der Waals surface area contributed by atoms with Gasteiger partial charge in [-0.2, -0.15) is 0 Å². The average Bonchev–Trinajstić information content (AvgIpc) is 1.89. The topological polar surface area (TPSA) is 3.24 Å². The van der Waals surface area contributed by atoms with Crippen LogP contribution in [-0.2, 0) is 0 Å². The van der Waals surface area contributed by atoms with Crippen LogP contribution < -0.4 is 0 Å². The lowest BCUT2D eigenvalue weighted by Crippen LogP contribution is -2.12. The van der Waals surface area contributed by atoms with Crippen LogP contribution in [-0.4, -0.2) is 23.8 Å². The SMILES string of the molecule is CCC/C=C\N(C)CCBr. The van der Waals surface area contributed by atoms with Crippen LogP contribution in [0.3, 0.4) is 0 Å². The van der Waals surface area contributed by atoms with Crippen LogP contribution in [0.2, 0.25) is 0 Å². The minimum absolute atomic E-state index is 1.04. The molecule has 0 aliphatic carbocycles. The number of hydrogen-bond donors (Lipinski definition) is 0. The van der Waals surface area contributed by atoms with Crippen molar-refractivity contribution in [3.05, 3.63) is 12.3 Å². The molecule has 0 atom stereocenters. The van der Waals surface area contributed by atoms with Crippen LogP contribution >= 0.6 is 15.9 Å². The second kappa shape index (κ2) is 7.13. The molecule has 0 aromatic carbocycles. The van der Waals surface area contributed by atoms with Crippen LogP contribution in [0.5, 0.6) is 0 Å². The first-order valence-corrected chi connectivity index (χ1v) is 4.86. The van der Waals surface area contributed by atoms with Gasteiger partial charge in [0.05, 0.1) is 0 Å². The van der Waals surface area contributed by atoms with Gasteiger partial charge in [0.1, 0.15) is 0 Å². The predicted molar refractivity (Wildman–Crippen MR) is 50.5 cm³/mol. The molecule has 2 heteroatoms. The van der Waals surface area contributed by atoms with Gasteiger partial charge in [-0.25, -0.2) is 0 Å². The second-order valence-electron chi connectivity index (χ2n) is 2.34. The number of alkyl halides is 1. The summed E-state index contributed by atoms with van der Waals surface area (Å²) in [6, 6.07) is 0. The number of allylic oxidation sites excluding steroid dienone is 1. The van der Waals surface area contributed by atoms with Gasteiger partial charge < -0.3 is 4.90 Å². The Morgan fingerprint density at radius 1 is 1.50 bits per heavy atom. The highest BCUT2D eigenvalue weighted by molar-refractivity contribution is 9.09. The maximum absolute atomic E-state index is 3.38. The van der Waals surface area contributed by atoms with Crippen LogP contribution in [0.15, 0.2) is 12.3 Å². The van der Waals surface area contributed by atoms with E-state index in [4.69, 9.17) is 0 Å². The van der Waals surface area contributed by atoms with Crippen molar-refractivity contribution in [3.63, 3.8) is 0 Å². The summed E-state index contributed by atoms with van der Waals surface area (Å²) in [5, 5.41) is 1.04. The fourth-order valence-electron chi connectivity index (χ4n) is 0.629. The van der Waals surface area contributed by atoms with Gasteiger partial charge in [0.25, 0.3) is 0 Å². The van der Waals surface area contributed by atoms with Crippen LogP contribution in [0, 0.1) is 0 Å². The molecule has 0 aromatic heterocycles. The third-order valence-corrected chi connectivity index (χ3v) is 1.61. The van der Waals surface area contributed by atoms with E-state index in [0.717, 1.165) is 11.9 Å². The Hall–Kier alpha value is 0.0200. The Balaban J connectivity index is 3.26. The Morgan fingerprint density at radius 3 is 2.70 bits per heavy atom. The molecular weight excluding hydrogens is 190 g/mol. The van der Waals surface area contributed by atoms with Gasteiger partial charge in [0.15, 0.2) is 0 Å². The summed E-state index contributed by atoms with van der Waals surface area (Å²) < 4.78 is 0. The summed E-state index contributed by atoms with van der Waals surface area (Å²) in [5.74, 6) is 0. The monoisotopic (exact) mass is 205 g/mol. The number of unbranched alkanes of at least 4 members (excludes halogenated alkanes) is 1. The summed E-state index contributed by atoms with van der Waals surface area (Å²) in [5.41, 5.74) is 0. The molecule has 1 nitrogen and oxygen atoms in total. The lowest BCUT2D eigenvalue weighted by molar-refractivity contribution is 0.487. The summed E-state index contributed by atoms with van der Waals surface area (Å²) in [6.07, 6.45) is 6.78. The zero-order valence-corrected chi connectivity index (χ0v) is 8.39. The molecule has 0 aliphatic rings. The van der Waals surface area contributed by atoms with Crippen molar-refractivity contribution in [2.24, 2.45) is 0 Å². The molecule has 0 saturated heterocycles. The Labute approximate surface area is 72.2 Å². The summed E-state index contributed by atoms with van der Waals surface area (Å²) in [6.45, 7) is 3.27. The van der Waals surface area contributed by atoms with E-state index in [0.29, 0.717) is 0 Å². The molecule has 0 heterocycles. The highest BCUT2D eigenvalue weighted by Gasteiger charge is 1.85. The molecule has 0 unspecified atom stereocenters. The maximum atomic E-state index is 3.38. The van der Waals surface area contributed by atoms with Gasteiger partial charge >= 0.3 is 0 Å². The summed E-state index contributed by atoms with van der Waals surface area (Å²) >= 11 is 3.38. The number of rotatable bonds is 5. The Morgan fingerprint density at radius 2 is 2.20 bits per heavy atom. The number of hydrogen-bond acceptors (Lipinski definition) is 1. The fraction of sp³-hybridized carbons (Fsp3) is 0.750. The molecule has 0 aromatic rings. The minimum atomic E-state index is 1.04. The zero-order chi connectivity index (χ0) is 7.82. The largest absolute Gasteiger partial charge is 0.380 e. The van der Waals surface area contributed by atoms with Crippen LogP contribution in [0.4, 0.5) is 0 Å². The van der Waals surface area contributed by atoms with E-state index in [1.54, 1.807) is 0 Å². The number of halogens is 1. The highest BCUT2D eigenvalue weighted by atomic mass is 79.9. The van der Waals surface area contributed by atoms with Crippen LogP contribution in [0.25, 0.3) is 0 Å². The van der Waals surface area contributed by atoms with Crippen molar-refractivity contribution in [1.29, 1.82) is 0 Å². The molecule has 0 spiro atoms. The van der Waals surface area contributed by atoms with E-state index in [1.165, 1.54) is 12.8 Å². The van der Waals surface area contributed by atoms with Gasteiger partial charge in [0.2, 0.25) is 0 Å². The standard InChI is InChI=1S/C8H16BrN/c1-3-4-5-7-10(2)8-6-9/h5,7H,3-4,6,8H2,1-2H3/b7-5-. The van der Waals surface area contributed by atoms with Crippen LogP contribution in [0.1, 0.15) is 19.8 Å². The quantitative estimate of drug-likeness (QED) is 0.625. The first-order valence-electron chi connectivity index (χ1n) is 3.74. The predicted octanol–water partition coefficient (Wildman–Crippen LogP) is 2.63. The lowest BCUT2D eigenvalue weighted by atomic mass is 10.3. The second-order valence-corrected chi connectivity index (χ2v) is 3.14. The van der Waals surface area contributed by atoms with E-state index < -0.39 is 0 Å². The molecule has 0 saturated carbocycles. The molecule has 0 radical (unpaired) electrons. The zero-order valence-electron chi connectivity index (χ0n) is 6.81. The first-order chi connectivity index (χ1) is 4.81. The maximum Gasteiger partial charge on any atom is 0.0266 e. The third kappa shape index (κ3) is 6.14. The molecule has 0 amide bonds.